The van der Waals surface area contributed by atoms with Gasteiger partial charge in [-0.2, -0.15) is 0 Å². The van der Waals surface area contributed by atoms with E-state index in [9.17, 15) is 4.39 Å². The molecule has 0 bridgehead atoms. The van der Waals surface area contributed by atoms with E-state index in [1.807, 2.05) is 18.2 Å². The number of halogens is 1. The molecule has 0 aromatic heterocycles. The second kappa shape index (κ2) is 6.27. The third-order valence-corrected chi connectivity index (χ3v) is 4.13. The SMILES string of the molecule is NC1CC(Cc2ccccc2)CN(c2ccc(F)cc2)C1. The van der Waals surface area contributed by atoms with Crippen LogP contribution in [0.2, 0.25) is 0 Å². The quantitative estimate of drug-likeness (QED) is 0.937. The van der Waals surface area contributed by atoms with Crippen molar-refractivity contribution in [3.05, 3.63) is 66.0 Å². The largest absolute Gasteiger partial charge is 0.370 e. The minimum Gasteiger partial charge on any atom is -0.370 e. The summed E-state index contributed by atoms with van der Waals surface area (Å²) in [6.07, 6.45) is 2.10. The van der Waals surface area contributed by atoms with Crippen LogP contribution in [0.5, 0.6) is 0 Å². The van der Waals surface area contributed by atoms with E-state index in [0.29, 0.717) is 5.92 Å². The monoisotopic (exact) mass is 284 g/mol. The van der Waals surface area contributed by atoms with Crippen molar-refractivity contribution in [2.45, 2.75) is 18.9 Å². The van der Waals surface area contributed by atoms with Crippen LogP contribution in [0.4, 0.5) is 10.1 Å². The van der Waals surface area contributed by atoms with Gasteiger partial charge in [0.2, 0.25) is 0 Å². The molecule has 2 aromatic rings. The van der Waals surface area contributed by atoms with Crippen LogP contribution in [0.1, 0.15) is 12.0 Å². The molecular formula is C18H21FN2. The molecule has 21 heavy (non-hydrogen) atoms. The molecule has 0 aliphatic carbocycles. The Labute approximate surface area is 125 Å². The molecule has 2 aromatic carbocycles. The van der Waals surface area contributed by atoms with Gasteiger partial charge in [0.25, 0.3) is 0 Å². The molecule has 0 saturated carbocycles. The molecule has 3 rings (SSSR count). The van der Waals surface area contributed by atoms with Crippen molar-refractivity contribution in [2.75, 3.05) is 18.0 Å². The molecule has 2 nitrogen and oxygen atoms in total. The number of benzene rings is 2. The first-order chi connectivity index (χ1) is 10.2. The van der Waals surface area contributed by atoms with Crippen molar-refractivity contribution in [2.24, 2.45) is 11.7 Å². The van der Waals surface area contributed by atoms with Crippen LogP contribution >= 0.6 is 0 Å². The highest BCUT2D eigenvalue weighted by atomic mass is 19.1. The minimum absolute atomic E-state index is 0.178. The third kappa shape index (κ3) is 3.61. The summed E-state index contributed by atoms with van der Waals surface area (Å²) in [6, 6.07) is 17.4. The number of nitrogens with zero attached hydrogens (tertiary/aromatic N) is 1. The van der Waals surface area contributed by atoms with E-state index in [2.05, 4.69) is 29.2 Å². The summed E-state index contributed by atoms with van der Waals surface area (Å²) < 4.78 is 13.1. The Morgan fingerprint density at radius 2 is 1.71 bits per heavy atom. The number of piperidine rings is 1. The second-order valence-electron chi connectivity index (χ2n) is 5.93. The zero-order valence-electron chi connectivity index (χ0n) is 12.1. The first-order valence-electron chi connectivity index (χ1n) is 7.51. The fourth-order valence-electron chi connectivity index (χ4n) is 3.20. The average molecular weight is 284 g/mol. The molecule has 1 aliphatic heterocycles. The first kappa shape index (κ1) is 14.1. The second-order valence-corrected chi connectivity index (χ2v) is 5.93. The molecular weight excluding hydrogens is 263 g/mol. The van der Waals surface area contributed by atoms with Gasteiger partial charge in [-0.3, -0.25) is 0 Å². The van der Waals surface area contributed by atoms with Gasteiger partial charge in [0.15, 0.2) is 0 Å². The summed E-state index contributed by atoms with van der Waals surface area (Å²) in [7, 11) is 0. The van der Waals surface area contributed by atoms with Gasteiger partial charge in [0.05, 0.1) is 0 Å². The van der Waals surface area contributed by atoms with E-state index in [1.54, 1.807) is 0 Å². The topological polar surface area (TPSA) is 29.3 Å². The highest BCUT2D eigenvalue weighted by molar-refractivity contribution is 5.47. The molecule has 0 radical (unpaired) electrons. The number of hydrogen-bond acceptors (Lipinski definition) is 2. The van der Waals surface area contributed by atoms with Gasteiger partial charge in [-0.1, -0.05) is 30.3 Å². The van der Waals surface area contributed by atoms with Crippen molar-refractivity contribution in [3.8, 4) is 0 Å². The maximum absolute atomic E-state index is 13.1. The van der Waals surface area contributed by atoms with Gasteiger partial charge in [-0.15, -0.1) is 0 Å². The highest BCUT2D eigenvalue weighted by Crippen LogP contribution is 2.25. The summed E-state index contributed by atoms with van der Waals surface area (Å²) in [5.41, 5.74) is 8.64. The van der Waals surface area contributed by atoms with Gasteiger partial charge in [0, 0.05) is 24.8 Å². The third-order valence-electron chi connectivity index (χ3n) is 4.13. The predicted octanol–water partition coefficient (Wildman–Crippen LogP) is 3.22. The smallest absolute Gasteiger partial charge is 0.123 e. The van der Waals surface area contributed by atoms with E-state index in [-0.39, 0.29) is 11.9 Å². The number of hydrogen-bond donors (Lipinski definition) is 1. The van der Waals surface area contributed by atoms with Crippen molar-refractivity contribution in [1.82, 2.24) is 0 Å². The van der Waals surface area contributed by atoms with Crippen LogP contribution in [0.3, 0.4) is 0 Å². The van der Waals surface area contributed by atoms with E-state index in [0.717, 1.165) is 31.6 Å². The van der Waals surface area contributed by atoms with Crippen LogP contribution < -0.4 is 10.6 Å². The van der Waals surface area contributed by atoms with Gasteiger partial charge in [0.1, 0.15) is 5.82 Å². The molecule has 1 saturated heterocycles. The van der Waals surface area contributed by atoms with E-state index in [1.165, 1.54) is 17.7 Å². The molecule has 2 atom stereocenters. The van der Waals surface area contributed by atoms with Crippen LogP contribution in [0.25, 0.3) is 0 Å². The lowest BCUT2D eigenvalue weighted by molar-refractivity contribution is 0.374. The number of rotatable bonds is 3. The lowest BCUT2D eigenvalue weighted by Gasteiger charge is -2.38. The zero-order chi connectivity index (χ0) is 14.7. The fraction of sp³-hybridized carbons (Fsp3) is 0.333. The molecule has 1 aliphatic rings. The predicted molar refractivity (Wildman–Crippen MR) is 84.8 cm³/mol. The van der Waals surface area contributed by atoms with Crippen LogP contribution in [0.15, 0.2) is 54.6 Å². The van der Waals surface area contributed by atoms with E-state index >= 15 is 0 Å². The Hall–Kier alpha value is -1.87. The Kier molecular flexibility index (Phi) is 4.20. The van der Waals surface area contributed by atoms with Gasteiger partial charge < -0.3 is 10.6 Å². The minimum atomic E-state index is -0.194. The highest BCUT2D eigenvalue weighted by Gasteiger charge is 2.25. The van der Waals surface area contributed by atoms with Gasteiger partial charge in [-0.25, -0.2) is 4.39 Å². The van der Waals surface area contributed by atoms with Crippen LogP contribution in [0, 0.1) is 11.7 Å². The standard InChI is InChI=1S/C18H21FN2/c19-16-6-8-18(9-7-16)21-12-15(11-17(20)13-21)10-14-4-2-1-3-5-14/h1-9,15,17H,10-13,20H2. The van der Waals surface area contributed by atoms with E-state index in [4.69, 9.17) is 5.73 Å². The first-order valence-corrected chi connectivity index (χ1v) is 7.51. The molecule has 1 heterocycles. The van der Waals surface area contributed by atoms with Crippen molar-refractivity contribution >= 4 is 5.69 Å². The summed E-state index contributed by atoms with van der Waals surface area (Å²) in [5.74, 6) is 0.349. The van der Waals surface area contributed by atoms with Gasteiger partial charge >= 0.3 is 0 Å². The van der Waals surface area contributed by atoms with Gasteiger partial charge in [-0.05, 0) is 48.6 Å². The molecule has 2 N–H and O–H groups in total. The summed E-state index contributed by atoms with van der Waals surface area (Å²) >= 11 is 0. The summed E-state index contributed by atoms with van der Waals surface area (Å²) in [4.78, 5) is 2.28. The molecule has 1 fully saturated rings. The Morgan fingerprint density at radius 3 is 2.43 bits per heavy atom. The van der Waals surface area contributed by atoms with Crippen molar-refractivity contribution in [3.63, 3.8) is 0 Å². The van der Waals surface area contributed by atoms with Crippen LogP contribution in [-0.4, -0.2) is 19.1 Å². The van der Waals surface area contributed by atoms with Crippen molar-refractivity contribution < 1.29 is 4.39 Å². The summed E-state index contributed by atoms with van der Waals surface area (Å²) in [6.45, 7) is 1.82. The molecule has 0 amide bonds. The van der Waals surface area contributed by atoms with Crippen molar-refractivity contribution in [1.29, 1.82) is 0 Å². The molecule has 110 valence electrons. The molecule has 3 heteroatoms. The molecule has 2 unspecified atom stereocenters. The normalized spacial score (nSPS) is 22.3. The van der Waals surface area contributed by atoms with E-state index < -0.39 is 0 Å². The fourth-order valence-corrected chi connectivity index (χ4v) is 3.20. The molecule has 0 spiro atoms. The maximum atomic E-state index is 13.1. The maximum Gasteiger partial charge on any atom is 0.123 e. The number of nitrogens with two attached hydrogens (primary N) is 1. The summed E-state index contributed by atoms with van der Waals surface area (Å²) in [5, 5.41) is 0. The Balaban J connectivity index is 1.71. The lowest BCUT2D eigenvalue weighted by Crippen LogP contribution is -2.47. The number of anilines is 1. The Morgan fingerprint density at radius 1 is 1.00 bits per heavy atom. The zero-order valence-corrected chi connectivity index (χ0v) is 12.1. The lowest BCUT2D eigenvalue weighted by atomic mass is 9.89. The Bertz CT molecular complexity index is 568. The average Bonchev–Trinajstić information content (AvgIpc) is 2.48. The van der Waals surface area contributed by atoms with Crippen LogP contribution in [-0.2, 0) is 6.42 Å².